The van der Waals surface area contributed by atoms with Crippen LogP contribution in [0.5, 0.6) is 5.75 Å². The molecule has 1 aliphatic rings. The highest BCUT2D eigenvalue weighted by Gasteiger charge is 2.23. The first-order valence-electron chi connectivity index (χ1n) is 7.46. The average Bonchev–Trinajstić information content (AvgIpc) is 2.51. The second-order valence-electron chi connectivity index (χ2n) is 5.41. The second-order valence-corrected chi connectivity index (χ2v) is 5.41. The number of hydrogen-bond donors (Lipinski definition) is 1. The number of hydrogen-bond acceptors (Lipinski definition) is 5. The molecule has 0 bridgehead atoms. The van der Waals surface area contributed by atoms with E-state index in [2.05, 4.69) is 17.1 Å². The predicted molar refractivity (Wildman–Crippen MR) is 84.1 cm³/mol. The van der Waals surface area contributed by atoms with E-state index in [9.17, 15) is 0 Å². The molecule has 0 saturated carbocycles. The topological polar surface area (TPSA) is 43.0 Å². The first kappa shape index (κ1) is 16.1. The van der Waals surface area contributed by atoms with Crippen LogP contribution in [0.4, 0.5) is 5.69 Å². The normalized spacial score (nSPS) is 18.8. The van der Waals surface area contributed by atoms with Crippen LogP contribution in [0.3, 0.4) is 0 Å². The van der Waals surface area contributed by atoms with Crippen molar-refractivity contribution in [2.24, 2.45) is 0 Å². The average molecular weight is 294 g/mol. The Bertz CT molecular complexity index is 428. The summed E-state index contributed by atoms with van der Waals surface area (Å²) in [5.41, 5.74) is 1.07. The molecule has 1 aromatic rings. The molecule has 118 valence electrons. The van der Waals surface area contributed by atoms with Crippen LogP contribution in [-0.4, -0.2) is 64.1 Å². The quantitative estimate of drug-likeness (QED) is 0.792. The Morgan fingerprint density at radius 2 is 2.14 bits per heavy atom. The van der Waals surface area contributed by atoms with Gasteiger partial charge in [-0.1, -0.05) is 12.1 Å². The SMILES string of the molecule is COCCN(CC1CNc2ccccc2O1)C(C)COC. The van der Waals surface area contributed by atoms with Crippen LogP contribution >= 0.6 is 0 Å². The zero-order valence-corrected chi connectivity index (χ0v) is 13.2. The van der Waals surface area contributed by atoms with Gasteiger partial charge in [0.05, 0.1) is 25.4 Å². The van der Waals surface area contributed by atoms with Crippen LogP contribution in [-0.2, 0) is 9.47 Å². The summed E-state index contributed by atoms with van der Waals surface area (Å²) in [5.74, 6) is 0.930. The summed E-state index contributed by atoms with van der Waals surface area (Å²) in [5, 5.41) is 3.43. The van der Waals surface area contributed by atoms with Crippen LogP contribution in [0.25, 0.3) is 0 Å². The minimum atomic E-state index is 0.135. The fraction of sp³-hybridized carbons (Fsp3) is 0.625. The maximum atomic E-state index is 6.08. The highest BCUT2D eigenvalue weighted by Crippen LogP contribution is 2.28. The summed E-state index contributed by atoms with van der Waals surface area (Å²) in [6.45, 7) is 6.15. The molecule has 0 fully saturated rings. The third-order valence-electron chi connectivity index (χ3n) is 3.75. The number of anilines is 1. The van der Waals surface area contributed by atoms with Gasteiger partial charge in [0.2, 0.25) is 0 Å². The Labute approximate surface area is 127 Å². The Hall–Kier alpha value is -1.30. The largest absolute Gasteiger partial charge is 0.485 e. The number of nitrogens with zero attached hydrogens (tertiary/aromatic N) is 1. The van der Waals surface area contributed by atoms with Crippen LogP contribution in [0.2, 0.25) is 0 Å². The maximum Gasteiger partial charge on any atom is 0.142 e. The fourth-order valence-electron chi connectivity index (χ4n) is 2.57. The lowest BCUT2D eigenvalue weighted by atomic mass is 10.2. The molecule has 1 aliphatic heterocycles. The highest BCUT2D eigenvalue weighted by molar-refractivity contribution is 5.57. The van der Waals surface area contributed by atoms with Crippen molar-refractivity contribution in [3.05, 3.63) is 24.3 Å². The second kappa shape index (κ2) is 8.22. The molecule has 0 radical (unpaired) electrons. The van der Waals surface area contributed by atoms with Crippen molar-refractivity contribution >= 4 is 5.69 Å². The van der Waals surface area contributed by atoms with Crippen molar-refractivity contribution in [3.8, 4) is 5.75 Å². The lowest BCUT2D eigenvalue weighted by Crippen LogP contribution is -2.47. The van der Waals surface area contributed by atoms with Crippen molar-refractivity contribution in [1.29, 1.82) is 0 Å². The number of ether oxygens (including phenoxy) is 3. The molecular formula is C16H26N2O3. The number of benzene rings is 1. The maximum absolute atomic E-state index is 6.08. The Morgan fingerprint density at radius 3 is 2.90 bits per heavy atom. The van der Waals surface area contributed by atoms with Gasteiger partial charge < -0.3 is 19.5 Å². The summed E-state index contributed by atoms with van der Waals surface area (Å²) >= 11 is 0. The van der Waals surface area contributed by atoms with Gasteiger partial charge >= 0.3 is 0 Å². The molecular weight excluding hydrogens is 268 g/mol. The molecule has 0 saturated heterocycles. The minimum absolute atomic E-state index is 0.135. The van der Waals surface area contributed by atoms with Gasteiger partial charge in [-0.3, -0.25) is 4.90 Å². The van der Waals surface area contributed by atoms with E-state index in [1.807, 2.05) is 24.3 Å². The van der Waals surface area contributed by atoms with Crippen LogP contribution in [0.15, 0.2) is 24.3 Å². The van der Waals surface area contributed by atoms with Crippen LogP contribution in [0, 0.1) is 0 Å². The predicted octanol–water partition coefficient (Wildman–Crippen LogP) is 1.84. The van der Waals surface area contributed by atoms with Gasteiger partial charge in [-0.05, 0) is 19.1 Å². The number of rotatable bonds is 8. The Balaban J connectivity index is 1.94. The molecule has 1 N–H and O–H groups in total. The summed E-state index contributed by atoms with van der Waals surface area (Å²) in [4.78, 5) is 2.35. The molecule has 2 rings (SSSR count). The van der Waals surface area contributed by atoms with Gasteiger partial charge in [0, 0.05) is 33.4 Å². The summed E-state index contributed by atoms with van der Waals surface area (Å²) < 4.78 is 16.6. The van der Waals surface area contributed by atoms with E-state index in [1.165, 1.54) is 0 Å². The van der Waals surface area contributed by atoms with E-state index in [-0.39, 0.29) is 6.10 Å². The molecule has 0 aromatic heterocycles. The molecule has 5 heteroatoms. The van der Waals surface area contributed by atoms with Gasteiger partial charge in [0.25, 0.3) is 0 Å². The van der Waals surface area contributed by atoms with Gasteiger partial charge in [0.1, 0.15) is 11.9 Å². The highest BCUT2D eigenvalue weighted by atomic mass is 16.5. The molecule has 0 spiro atoms. The third kappa shape index (κ3) is 4.59. The van der Waals surface area contributed by atoms with E-state index in [1.54, 1.807) is 14.2 Å². The standard InChI is InChI=1S/C16H26N2O3/c1-13(12-20-3)18(8-9-19-2)11-14-10-17-15-6-4-5-7-16(15)21-14/h4-7,13-14,17H,8-12H2,1-3H3. The van der Waals surface area contributed by atoms with Crippen LogP contribution in [0.1, 0.15) is 6.92 Å². The van der Waals surface area contributed by atoms with Crippen molar-refractivity contribution < 1.29 is 14.2 Å². The molecule has 2 unspecified atom stereocenters. The van der Waals surface area contributed by atoms with Crippen molar-refractivity contribution in [3.63, 3.8) is 0 Å². The molecule has 0 aliphatic carbocycles. The van der Waals surface area contributed by atoms with E-state index < -0.39 is 0 Å². The summed E-state index contributed by atoms with van der Waals surface area (Å²) in [6.07, 6.45) is 0.135. The molecule has 5 nitrogen and oxygen atoms in total. The number of fused-ring (bicyclic) bond motifs is 1. The molecule has 21 heavy (non-hydrogen) atoms. The van der Waals surface area contributed by atoms with Gasteiger partial charge in [-0.2, -0.15) is 0 Å². The molecule has 1 aromatic carbocycles. The van der Waals surface area contributed by atoms with Crippen LogP contribution < -0.4 is 10.1 Å². The zero-order chi connectivity index (χ0) is 15.1. The van der Waals surface area contributed by atoms with E-state index >= 15 is 0 Å². The van der Waals surface area contributed by atoms with E-state index in [0.717, 1.165) is 31.1 Å². The summed E-state index contributed by atoms with van der Waals surface area (Å²) in [7, 11) is 3.47. The molecule has 0 amide bonds. The van der Waals surface area contributed by atoms with Crippen molar-refractivity contribution in [2.45, 2.75) is 19.1 Å². The summed E-state index contributed by atoms with van der Waals surface area (Å²) in [6, 6.07) is 8.40. The third-order valence-corrected chi connectivity index (χ3v) is 3.75. The number of nitrogens with one attached hydrogen (secondary N) is 1. The minimum Gasteiger partial charge on any atom is -0.485 e. The number of para-hydroxylation sites is 2. The zero-order valence-electron chi connectivity index (χ0n) is 13.2. The lowest BCUT2D eigenvalue weighted by molar-refractivity contribution is 0.0476. The lowest BCUT2D eigenvalue weighted by Gasteiger charge is -2.34. The molecule has 1 heterocycles. The van der Waals surface area contributed by atoms with Crippen molar-refractivity contribution in [1.82, 2.24) is 4.90 Å². The first-order valence-corrected chi connectivity index (χ1v) is 7.46. The Morgan fingerprint density at radius 1 is 1.33 bits per heavy atom. The van der Waals surface area contributed by atoms with Gasteiger partial charge in [-0.25, -0.2) is 0 Å². The number of methoxy groups -OCH3 is 2. The van der Waals surface area contributed by atoms with E-state index in [0.29, 0.717) is 19.3 Å². The molecule has 2 atom stereocenters. The fourth-order valence-corrected chi connectivity index (χ4v) is 2.57. The monoisotopic (exact) mass is 294 g/mol. The first-order chi connectivity index (χ1) is 10.2. The van der Waals surface area contributed by atoms with E-state index in [4.69, 9.17) is 14.2 Å². The smallest absolute Gasteiger partial charge is 0.142 e. The van der Waals surface area contributed by atoms with Gasteiger partial charge in [0.15, 0.2) is 0 Å². The van der Waals surface area contributed by atoms with Crippen molar-refractivity contribution in [2.75, 3.05) is 52.4 Å². The Kier molecular flexibility index (Phi) is 6.29. The van der Waals surface area contributed by atoms with Gasteiger partial charge in [-0.15, -0.1) is 0 Å².